The van der Waals surface area contributed by atoms with Crippen LogP contribution in [0.5, 0.6) is 0 Å². The van der Waals surface area contributed by atoms with Crippen LogP contribution in [0.1, 0.15) is 27.2 Å². The lowest BCUT2D eigenvalue weighted by Crippen LogP contribution is -2.22. The van der Waals surface area contributed by atoms with Crippen LogP contribution in [0.2, 0.25) is 0 Å². The van der Waals surface area contributed by atoms with Crippen LogP contribution < -0.4 is 0 Å². The van der Waals surface area contributed by atoms with E-state index in [0.29, 0.717) is 0 Å². The lowest BCUT2D eigenvalue weighted by Gasteiger charge is -2.17. The summed E-state index contributed by atoms with van der Waals surface area (Å²) < 4.78 is 3.36. The molecule has 0 atom stereocenters. The maximum atomic E-state index is 11.2. The molecule has 0 aromatic rings. The number of rotatable bonds is 2. The molecule has 0 saturated heterocycles. The highest BCUT2D eigenvalue weighted by Crippen LogP contribution is 2.31. The largest absolute Gasteiger partial charge is 0.458 e. The molecule has 0 heterocycles. The standard InChI is InChI=1S/C8H12Cl3O2/c1-7(2,3)6(12)13-5-4-8(9,10)11/h5H,4H2,1-3H3. The van der Waals surface area contributed by atoms with Gasteiger partial charge in [0.25, 0.3) is 0 Å². The van der Waals surface area contributed by atoms with Gasteiger partial charge in [0.1, 0.15) is 6.61 Å². The number of hydrogen-bond acceptors (Lipinski definition) is 2. The molecule has 2 nitrogen and oxygen atoms in total. The SMILES string of the molecule is CC(C)(C)C(=O)O[CH]CC(Cl)(Cl)Cl. The molecule has 13 heavy (non-hydrogen) atoms. The summed E-state index contributed by atoms with van der Waals surface area (Å²) in [4.78, 5) is 11.2. The normalized spacial score (nSPS) is 12.8. The molecular weight excluding hydrogens is 234 g/mol. The van der Waals surface area contributed by atoms with Crippen molar-refractivity contribution in [2.24, 2.45) is 5.41 Å². The first-order valence-electron chi connectivity index (χ1n) is 3.72. The average Bonchev–Trinajstić information content (AvgIpc) is 1.82. The van der Waals surface area contributed by atoms with Crippen molar-refractivity contribution < 1.29 is 9.53 Å². The fraction of sp³-hybridized carbons (Fsp3) is 0.750. The summed E-state index contributed by atoms with van der Waals surface area (Å²) in [6, 6.07) is 0. The van der Waals surface area contributed by atoms with Crippen LogP contribution in [0.25, 0.3) is 0 Å². The molecule has 0 fully saturated rings. The maximum Gasteiger partial charge on any atom is 0.311 e. The second-order valence-electron chi connectivity index (χ2n) is 3.64. The van der Waals surface area contributed by atoms with Crippen LogP contribution in [-0.2, 0) is 9.53 Å². The van der Waals surface area contributed by atoms with Crippen molar-refractivity contribution in [2.75, 3.05) is 0 Å². The summed E-state index contributed by atoms with van der Waals surface area (Å²) in [6.45, 7) is 6.45. The minimum absolute atomic E-state index is 0.0828. The predicted molar refractivity (Wildman–Crippen MR) is 54.8 cm³/mol. The van der Waals surface area contributed by atoms with Gasteiger partial charge in [0, 0.05) is 6.42 Å². The molecule has 0 aliphatic heterocycles. The van der Waals surface area contributed by atoms with Crippen molar-refractivity contribution in [3.8, 4) is 0 Å². The summed E-state index contributed by atoms with van der Waals surface area (Å²) in [5, 5.41) is 0. The molecule has 0 aromatic heterocycles. The van der Waals surface area contributed by atoms with Crippen LogP contribution in [0, 0.1) is 12.0 Å². The third-order valence-corrected chi connectivity index (χ3v) is 1.58. The van der Waals surface area contributed by atoms with Gasteiger partial charge in [-0.3, -0.25) is 4.79 Å². The lowest BCUT2D eigenvalue weighted by atomic mass is 9.97. The van der Waals surface area contributed by atoms with Crippen molar-refractivity contribution >= 4 is 40.8 Å². The number of ether oxygens (including phenoxy) is 1. The monoisotopic (exact) mass is 245 g/mol. The molecule has 0 unspecified atom stereocenters. The van der Waals surface area contributed by atoms with Crippen LogP contribution in [-0.4, -0.2) is 9.76 Å². The molecule has 0 rings (SSSR count). The van der Waals surface area contributed by atoms with Crippen molar-refractivity contribution in [3.05, 3.63) is 6.61 Å². The Morgan fingerprint density at radius 1 is 1.31 bits per heavy atom. The predicted octanol–water partition coefficient (Wildman–Crippen LogP) is 3.50. The van der Waals surface area contributed by atoms with E-state index in [9.17, 15) is 4.79 Å². The van der Waals surface area contributed by atoms with E-state index in [1.54, 1.807) is 20.8 Å². The van der Waals surface area contributed by atoms with Gasteiger partial charge >= 0.3 is 5.97 Å². The van der Waals surface area contributed by atoms with Gasteiger partial charge in [-0.25, -0.2) is 0 Å². The number of alkyl halides is 3. The van der Waals surface area contributed by atoms with E-state index in [4.69, 9.17) is 39.5 Å². The molecule has 0 bridgehead atoms. The molecule has 0 aromatic carbocycles. The summed E-state index contributed by atoms with van der Waals surface area (Å²) in [5.41, 5.74) is -0.538. The highest BCUT2D eigenvalue weighted by atomic mass is 35.6. The van der Waals surface area contributed by atoms with Gasteiger partial charge in [0.2, 0.25) is 0 Å². The Bertz CT molecular complexity index is 179. The number of hydrogen-bond donors (Lipinski definition) is 0. The first-order chi connectivity index (χ1) is 5.63. The minimum Gasteiger partial charge on any atom is -0.458 e. The average molecular weight is 247 g/mol. The van der Waals surface area contributed by atoms with Gasteiger partial charge in [-0.1, -0.05) is 34.8 Å². The molecule has 5 heteroatoms. The second kappa shape index (κ2) is 4.72. The van der Waals surface area contributed by atoms with E-state index in [1.165, 1.54) is 6.61 Å². The van der Waals surface area contributed by atoms with Gasteiger partial charge in [-0.15, -0.1) is 0 Å². The third-order valence-electron chi connectivity index (χ3n) is 1.12. The highest BCUT2D eigenvalue weighted by molar-refractivity contribution is 6.67. The van der Waals surface area contributed by atoms with Gasteiger partial charge in [0.15, 0.2) is 3.79 Å². The quantitative estimate of drug-likeness (QED) is 0.551. The summed E-state index contributed by atoms with van der Waals surface area (Å²) in [5.74, 6) is -0.346. The van der Waals surface area contributed by atoms with E-state index in [1.807, 2.05) is 0 Å². The zero-order valence-electron chi connectivity index (χ0n) is 7.73. The Morgan fingerprint density at radius 2 is 1.77 bits per heavy atom. The van der Waals surface area contributed by atoms with Gasteiger partial charge < -0.3 is 4.74 Å². The molecule has 0 saturated carbocycles. The van der Waals surface area contributed by atoms with Crippen molar-refractivity contribution in [1.29, 1.82) is 0 Å². The summed E-state index contributed by atoms with van der Waals surface area (Å²) >= 11 is 16.3. The molecular formula is C8H12Cl3O2. The van der Waals surface area contributed by atoms with Crippen molar-refractivity contribution in [2.45, 2.75) is 31.0 Å². The molecule has 1 radical (unpaired) electrons. The fourth-order valence-electron chi connectivity index (χ4n) is 0.389. The smallest absolute Gasteiger partial charge is 0.311 e. The first kappa shape index (κ1) is 13.3. The highest BCUT2D eigenvalue weighted by Gasteiger charge is 2.25. The van der Waals surface area contributed by atoms with Gasteiger partial charge in [-0.05, 0) is 20.8 Å². The summed E-state index contributed by atoms with van der Waals surface area (Å²) in [7, 11) is 0. The number of esters is 1. The van der Waals surface area contributed by atoms with Crippen molar-refractivity contribution in [1.82, 2.24) is 0 Å². The Kier molecular flexibility index (Phi) is 4.84. The van der Waals surface area contributed by atoms with Crippen LogP contribution in [0.4, 0.5) is 0 Å². The molecule has 0 N–H and O–H groups in total. The second-order valence-corrected chi connectivity index (χ2v) is 6.16. The topological polar surface area (TPSA) is 26.3 Å². The fourth-order valence-corrected chi connectivity index (χ4v) is 0.578. The number of halogens is 3. The van der Waals surface area contributed by atoms with E-state index in [0.717, 1.165) is 0 Å². The van der Waals surface area contributed by atoms with E-state index < -0.39 is 9.21 Å². The van der Waals surface area contributed by atoms with E-state index >= 15 is 0 Å². The van der Waals surface area contributed by atoms with Crippen LogP contribution in [0.3, 0.4) is 0 Å². The Hall–Kier alpha value is 0.340. The molecule has 0 aliphatic carbocycles. The Balaban J connectivity index is 3.74. The van der Waals surface area contributed by atoms with E-state index in [2.05, 4.69) is 0 Å². The maximum absolute atomic E-state index is 11.2. The summed E-state index contributed by atoms with van der Waals surface area (Å²) in [6.07, 6.45) is 0.0828. The molecule has 0 spiro atoms. The van der Waals surface area contributed by atoms with Crippen LogP contribution in [0.15, 0.2) is 0 Å². The minimum atomic E-state index is -1.40. The van der Waals surface area contributed by atoms with Crippen LogP contribution >= 0.6 is 34.8 Å². The van der Waals surface area contributed by atoms with E-state index in [-0.39, 0.29) is 12.4 Å². The van der Waals surface area contributed by atoms with Crippen molar-refractivity contribution in [3.63, 3.8) is 0 Å². The van der Waals surface area contributed by atoms with Gasteiger partial charge in [0.05, 0.1) is 5.41 Å². The van der Waals surface area contributed by atoms with Gasteiger partial charge in [-0.2, -0.15) is 0 Å². The number of carbonyl (C=O) groups excluding carboxylic acids is 1. The first-order valence-corrected chi connectivity index (χ1v) is 4.86. The number of carbonyl (C=O) groups is 1. The zero-order chi connectivity index (χ0) is 10.7. The molecule has 0 aliphatic rings. The Labute approximate surface area is 93.5 Å². The zero-order valence-corrected chi connectivity index (χ0v) is 10.0. The lowest BCUT2D eigenvalue weighted by molar-refractivity contribution is -0.149. The molecule has 0 amide bonds. The molecule has 77 valence electrons. The third kappa shape index (κ3) is 7.41. The Morgan fingerprint density at radius 3 is 2.08 bits per heavy atom.